The van der Waals surface area contributed by atoms with Crippen LogP contribution in [0.5, 0.6) is 0 Å². The number of carbonyl (C=O) groups excluding carboxylic acids is 1. The first kappa shape index (κ1) is 18.7. The van der Waals surface area contributed by atoms with E-state index >= 15 is 0 Å². The molecule has 0 aliphatic carbocycles. The molecule has 0 N–H and O–H groups in total. The minimum absolute atomic E-state index is 0.286. The van der Waals surface area contributed by atoms with Crippen molar-refractivity contribution in [3.63, 3.8) is 0 Å². The average molecular weight is 403 g/mol. The van der Waals surface area contributed by atoms with E-state index in [2.05, 4.69) is 15.0 Å². The van der Waals surface area contributed by atoms with Gasteiger partial charge in [0.2, 0.25) is 0 Å². The molecule has 8 heteroatoms. The van der Waals surface area contributed by atoms with Gasteiger partial charge in [-0.05, 0) is 19.1 Å². The Bertz CT molecular complexity index is 1050. The third-order valence-corrected chi connectivity index (χ3v) is 4.99. The summed E-state index contributed by atoms with van der Waals surface area (Å²) >= 11 is 1.23. The first-order valence-corrected chi connectivity index (χ1v) is 9.80. The first-order valence-electron chi connectivity index (χ1n) is 8.98. The highest BCUT2D eigenvalue weighted by atomic mass is 32.1. The van der Waals surface area contributed by atoms with E-state index in [1.807, 2.05) is 48.5 Å². The molecule has 0 amide bonds. The van der Waals surface area contributed by atoms with Crippen LogP contribution in [0, 0.1) is 0 Å². The van der Waals surface area contributed by atoms with Crippen LogP contribution in [0.1, 0.15) is 16.6 Å². The molecule has 3 heterocycles. The maximum atomic E-state index is 12.6. The predicted octanol–water partition coefficient (Wildman–Crippen LogP) is 4.64. The molecule has 0 bridgehead atoms. The Kier molecular flexibility index (Phi) is 5.53. The van der Waals surface area contributed by atoms with E-state index in [0.717, 1.165) is 5.56 Å². The van der Waals surface area contributed by atoms with Gasteiger partial charge in [-0.1, -0.05) is 47.7 Å². The van der Waals surface area contributed by atoms with E-state index in [9.17, 15) is 4.79 Å². The number of rotatable bonds is 6. The van der Waals surface area contributed by atoms with Gasteiger partial charge in [-0.25, -0.2) is 19.7 Å². The lowest BCUT2D eigenvalue weighted by atomic mass is 10.1. The van der Waals surface area contributed by atoms with Gasteiger partial charge in [0.1, 0.15) is 10.7 Å². The highest BCUT2D eigenvalue weighted by molar-refractivity contribution is 7.18. The Morgan fingerprint density at radius 2 is 1.79 bits per heavy atom. The standard InChI is InChI=1S/C21H17N5O2S/c1-2-28-20(27)19-18(15-8-4-3-5-9-15)25-21(29-19)26(16-10-6-7-11-23-16)17-14-22-12-13-24-17/h3-14H,2H2,1H3. The molecule has 0 unspecified atom stereocenters. The molecule has 0 aliphatic heterocycles. The Balaban J connectivity index is 1.88. The van der Waals surface area contributed by atoms with Gasteiger partial charge >= 0.3 is 5.97 Å². The monoisotopic (exact) mass is 403 g/mol. The van der Waals surface area contributed by atoms with E-state index < -0.39 is 5.97 Å². The summed E-state index contributed by atoms with van der Waals surface area (Å²) in [6, 6.07) is 15.1. The lowest BCUT2D eigenvalue weighted by molar-refractivity contribution is 0.0532. The number of ether oxygens (including phenoxy) is 1. The number of nitrogens with zero attached hydrogens (tertiary/aromatic N) is 5. The van der Waals surface area contributed by atoms with Gasteiger partial charge in [0, 0.05) is 24.2 Å². The second kappa shape index (κ2) is 8.57. The Hall–Kier alpha value is -3.65. The van der Waals surface area contributed by atoms with Crippen LogP contribution in [-0.2, 0) is 4.74 Å². The molecule has 0 saturated carbocycles. The summed E-state index contributed by atoms with van der Waals surface area (Å²) in [6.07, 6.45) is 6.52. The fourth-order valence-corrected chi connectivity index (χ4v) is 3.74. The summed E-state index contributed by atoms with van der Waals surface area (Å²) in [5.74, 6) is 0.766. The largest absolute Gasteiger partial charge is 0.462 e. The van der Waals surface area contributed by atoms with Gasteiger partial charge in [0.05, 0.1) is 18.5 Å². The van der Waals surface area contributed by atoms with Crippen LogP contribution in [0.25, 0.3) is 11.3 Å². The number of pyridine rings is 1. The third-order valence-electron chi connectivity index (χ3n) is 3.97. The molecule has 7 nitrogen and oxygen atoms in total. The normalized spacial score (nSPS) is 10.5. The second-order valence-corrected chi connectivity index (χ2v) is 6.83. The van der Waals surface area contributed by atoms with E-state index in [0.29, 0.717) is 27.3 Å². The number of carbonyl (C=O) groups is 1. The molecule has 0 saturated heterocycles. The zero-order valence-corrected chi connectivity index (χ0v) is 16.4. The molecule has 0 fully saturated rings. The van der Waals surface area contributed by atoms with E-state index in [4.69, 9.17) is 9.72 Å². The number of hydrogen-bond donors (Lipinski definition) is 0. The average Bonchev–Trinajstić information content (AvgIpc) is 3.21. The molecule has 144 valence electrons. The van der Waals surface area contributed by atoms with Crippen molar-refractivity contribution in [1.82, 2.24) is 19.9 Å². The quantitative estimate of drug-likeness (QED) is 0.434. The van der Waals surface area contributed by atoms with Crippen LogP contribution in [0.15, 0.2) is 73.3 Å². The van der Waals surface area contributed by atoms with Gasteiger partial charge in [0.25, 0.3) is 0 Å². The van der Waals surface area contributed by atoms with Gasteiger partial charge < -0.3 is 4.74 Å². The molecular formula is C21H17N5O2S. The van der Waals surface area contributed by atoms with Gasteiger partial charge in [-0.2, -0.15) is 0 Å². The van der Waals surface area contributed by atoms with Crippen LogP contribution in [-0.4, -0.2) is 32.5 Å². The molecule has 29 heavy (non-hydrogen) atoms. The van der Waals surface area contributed by atoms with Crippen molar-refractivity contribution < 1.29 is 9.53 Å². The molecule has 0 spiro atoms. The van der Waals surface area contributed by atoms with Crippen LogP contribution in [0.4, 0.5) is 16.8 Å². The Morgan fingerprint density at radius 1 is 1.00 bits per heavy atom. The number of benzene rings is 1. The molecule has 0 atom stereocenters. The van der Waals surface area contributed by atoms with Crippen LogP contribution >= 0.6 is 11.3 Å². The van der Waals surface area contributed by atoms with Crippen LogP contribution in [0.2, 0.25) is 0 Å². The van der Waals surface area contributed by atoms with Crippen molar-refractivity contribution in [1.29, 1.82) is 0 Å². The summed E-state index contributed by atoms with van der Waals surface area (Å²) in [5.41, 5.74) is 1.40. The summed E-state index contributed by atoms with van der Waals surface area (Å²) in [5, 5.41) is 0.547. The number of hydrogen-bond acceptors (Lipinski definition) is 8. The lowest BCUT2D eigenvalue weighted by Gasteiger charge is -2.18. The van der Waals surface area contributed by atoms with E-state index in [-0.39, 0.29) is 6.61 Å². The molecule has 0 aliphatic rings. The van der Waals surface area contributed by atoms with Crippen molar-refractivity contribution in [3.05, 3.63) is 78.2 Å². The topological polar surface area (TPSA) is 81.1 Å². The minimum Gasteiger partial charge on any atom is -0.462 e. The van der Waals surface area contributed by atoms with Crippen LogP contribution in [0.3, 0.4) is 0 Å². The second-order valence-electron chi connectivity index (χ2n) is 5.85. The molecule has 4 rings (SSSR count). The Labute approximate surface area is 171 Å². The number of esters is 1. The van der Waals surface area contributed by atoms with Crippen molar-refractivity contribution >= 4 is 34.1 Å². The fraction of sp³-hybridized carbons (Fsp3) is 0.0952. The summed E-state index contributed by atoms with van der Waals surface area (Å²) in [4.78, 5) is 32.6. The number of anilines is 3. The molecule has 0 radical (unpaired) electrons. The van der Waals surface area contributed by atoms with Gasteiger partial charge in [-0.15, -0.1) is 0 Å². The molecule has 4 aromatic rings. The number of thiazole rings is 1. The molecule has 1 aromatic carbocycles. The summed E-state index contributed by atoms with van der Waals surface area (Å²) in [7, 11) is 0. The zero-order chi connectivity index (χ0) is 20.1. The highest BCUT2D eigenvalue weighted by Gasteiger charge is 2.26. The SMILES string of the molecule is CCOC(=O)c1sc(N(c2ccccn2)c2cnccn2)nc1-c1ccccc1. The maximum Gasteiger partial charge on any atom is 0.350 e. The highest BCUT2D eigenvalue weighted by Crippen LogP contribution is 2.39. The smallest absolute Gasteiger partial charge is 0.350 e. The number of aromatic nitrogens is 4. The predicted molar refractivity (Wildman–Crippen MR) is 112 cm³/mol. The summed E-state index contributed by atoms with van der Waals surface area (Å²) < 4.78 is 5.26. The molecular weight excluding hydrogens is 386 g/mol. The minimum atomic E-state index is -0.407. The van der Waals surface area contributed by atoms with Crippen molar-refractivity contribution in [2.75, 3.05) is 11.5 Å². The summed E-state index contributed by atoms with van der Waals surface area (Å²) in [6.45, 7) is 2.07. The first-order chi connectivity index (χ1) is 14.3. The Morgan fingerprint density at radius 3 is 2.48 bits per heavy atom. The van der Waals surface area contributed by atoms with Gasteiger partial charge in [0.15, 0.2) is 10.9 Å². The van der Waals surface area contributed by atoms with E-state index in [1.165, 1.54) is 11.3 Å². The van der Waals surface area contributed by atoms with Crippen LogP contribution < -0.4 is 4.90 Å². The maximum absolute atomic E-state index is 12.6. The molecule has 3 aromatic heterocycles. The lowest BCUT2D eigenvalue weighted by Crippen LogP contribution is -2.12. The van der Waals surface area contributed by atoms with Crippen molar-refractivity contribution in [2.45, 2.75) is 6.92 Å². The zero-order valence-electron chi connectivity index (χ0n) is 15.6. The van der Waals surface area contributed by atoms with Gasteiger partial charge in [-0.3, -0.25) is 9.88 Å². The van der Waals surface area contributed by atoms with E-state index in [1.54, 1.807) is 36.6 Å². The third kappa shape index (κ3) is 3.97. The van der Waals surface area contributed by atoms with Crippen molar-refractivity contribution in [3.8, 4) is 11.3 Å². The van der Waals surface area contributed by atoms with Crippen molar-refractivity contribution in [2.24, 2.45) is 0 Å². The fourth-order valence-electron chi connectivity index (χ4n) is 2.74.